The summed E-state index contributed by atoms with van der Waals surface area (Å²) in [7, 11) is -3.35. The minimum absolute atomic E-state index is 0.808. The van der Waals surface area contributed by atoms with E-state index in [-0.39, 0.29) is 0 Å². The van der Waals surface area contributed by atoms with Gasteiger partial charge in [0.15, 0.2) is 7.14 Å². The maximum Gasteiger partial charge on any atom is 0.175 e. The van der Waals surface area contributed by atoms with Crippen molar-refractivity contribution in [1.29, 1.82) is 0 Å². The van der Waals surface area contributed by atoms with Crippen LogP contribution in [0.25, 0.3) is 72.3 Å². The van der Waals surface area contributed by atoms with Crippen LogP contribution in [-0.2, 0) is 4.57 Å². The lowest BCUT2D eigenvalue weighted by molar-refractivity contribution is 0.592. The molecule has 4 heterocycles. The van der Waals surface area contributed by atoms with Gasteiger partial charge in [0, 0.05) is 38.7 Å². The van der Waals surface area contributed by atoms with Gasteiger partial charge in [-0.15, -0.1) is 0 Å². The van der Waals surface area contributed by atoms with Crippen molar-refractivity contribution in [3.63, 3.8) is 0 Å². The first-order valence-electron chi connectivity index (χ1n) is 16.3. The van der Waals surface area contributed by atoms with E-state index in [1.165, 1.54) is 0 Å². The van der Waals surface area contributed by atoms with Gasteiger partial charge in [0.25, 0.3) is 0 Å². The van der Waals surface area contributed by atoms with E-state index in [1.54, 1.807) is 0 Å². The number of fused-ring (bicyclic) bond motifs is 5. The SMILES string of the molecule is O=P1(c2ccccc2)c2c(-c3ccc(-c4ccc5ccc6cccnc6c5n4)cc3)cccc2-n2c(-c3ccccc3)nc3cccc1c32. The van der Waals surface area contributed by atoms with E-state index >= 15 is 4.57 Å². The summed E-state index contributed by atoms with van der Waals surface area (Å²) in [5.74, 6) is 0.834. The Hall–Kier alpha value is -6.16. The van der Waals surface area contributed by atoms with E-state index in [2.05, 4.69) is 94.5 Å². The van der Waals surface area contributed by atoms with Crippen molar-refractivity contribution in [1.82, 2.24) is 19.5 Å². The molecule has 1 aliphatic rings. The fraction of sp³-hybridized carbons (Fsp3) is 0. The number of aromatic nitrogens is 4. The Morgan fingerprint density at radius 1 is 0.531 bits per heavy atom. The van der Waals surface area contributed by atoms with Crippen LogP contribution in [0.15, 0.2) is 164 Å². The number of imidazole rings is 1. The smallest absolute Gasteiger partial charge is 0.175 e. The van der Waals surface area contributed by atoms with Gasteiger partial charge in [-0.2, -0.15) is 0 Å². The second-order valence-electron chi connectivity index (χ2n) is 12.4. The van der Waals surface area contributed by atoms with Gasteiger partial charge >= 0.3 is 0 Å². The Morgan fingerprint density at radius 3 is 2.06 bits per heavy atom. The van der Waals surface area contributed by atoms with Crippen LogP contribution in [0.2, 0.25) is 0 Å². The zero-order valence-electron chi connectivity index (χ0n) is 26.2. The predicted molar refractivity (Wildman–Crippen MR) is 201 cm³/mol. The summed E-state index contributed by atoms with van der Waals surface area (Å²) in [6.45, 7) is 0. The van der Waals surface area contributed by atoms with Crippen molar-refractivity contribution in [3.8, 4) is 39.5 Å². The monoisotopic (exact) mass is 646 g/mol. The molecule has 6 heteroatoms. The minimum Gasteiger partial charge on any atom is -0.308 e. The zero-order valence-corrected chi connectivity index (χ0v) is 27.1. The quantitative estimate of drug-likeness (QED) is 0.141. The van der Waals surface area contributed by atoms with E-state index in [9.17, 15) is 0 Å². The number of hydrogen-bond acceptors (Lipinski definition) is 4. The average Bonchev–Trinajstić information content (AvgIpc) is 3.58. The number of rotatable bonds is 4. The van der Waals surface area contributed by atoms with Gasteiger partial charge in [0.2, 0.25) is 0 Å². The normalized spacial score (nSPS) is 15.1. The molecule has 1 aliphatic heterocycles. The Balaban J connectivity index is 1.19. The van der Waals surface area contributed by atoms with E-state index in [0.717, 1.165) is 88.2 Å². The molecule has 5 nitrogen and oxygen atoms in total. The number of hydrogen-bond donors (Lipinski definition) is 0. The average molecular weight is 647 g/mol. The first-order chi connectivity index (χ1) is 24.2. The van der Waals surface area contributed by atoms with Crippen molar-refractivity contribution in [2.75, 3.05) is 0 Å². The van der Waals surface area contributed by atoms with E-state index in [1.807, 2.05) is 79.0 Å². The first-order valence-corrected chi connectivity index (χ1v) is 18.0. The maximum absolute atomic E-state index is 16.1. The molecule has 49 heavy (non-hydrogen) atoms. The number of nitrogens with zero attached hydrogens (tertiary/aromatic N) is 4. The molecule has 0 saturated heterocycles. The molecule has 1 atom stereocenters. The van der Waals surface area contributed by atoms with Crippen LogP contribution in [0.3, 0.4) is 0 Å². The molecular formula is C43H27N4OP. The van der Waals surface area contributed by atoms with Crippen LogP contribution < -0.4 is 15.9 Å². The Labute approximate surface area is 282 Å². The lowest BCUT2D eigenvalue weighted by Gasteiger charge is -2.31. The van der Waals surface area contributed by atoms with Crippen molar-refractivity contribution in [2.24, 2.45) is 0 Å². The van der Waals surface area contributed by atoms with Crippen LogP contribution in [-0.4, -0.2) is 19.5 Å². The lowest BCUT2D eigenvalue weighted by atomic mass is 10.0. The highest BCUT2D eigenvalue weighted by Gasteiger charge is 2.41. The number of pyridine rings is 2. The second-order valence-corrected chi connectivity index (χ2v) is 15.1. The molecule has 6 aromatic carbocycles. The third-order valence-corrected chi connectivity index (χ3v) is 12.8. The molecule has 0 saturated carbocycles. The summed E-state index contributed by atoms with van der Waals surface area (Å²) in [6, 6.07) is 53.3. The van der Waals surface area contributed by atoms with Gasteiger partial charge in [-0.1, -0.05) is 127 Å². The molecule has 0 fully saturated rings. The standard InChI is InChI=1S/C43H27N4OP/c48-49(33-13-5-2-6-14-33)38-18-8-16-36-41(38)47(43(46-36)32-10-3-1-4-11-32)37-17-7-15-34(42(37)49)28-19-21-29(22-20-28)35-26-25-31-24-23-30-12-9-27-44-39(30)40(31)45-35/h1-27H. The van der Waals surface area contributed by atoms with Gasteiger partial charge in [-0.25, -0.2) is 9.97 Å². The topological polar surface area (TPSA) is 60.7 Å². The molecular weight excluding hydrogens is 619 g/mol. The fourth-order valence-corrected chi connectivity index (χ4v) is 10.6. The summed E-state index contributed by atoms with van der Waals surface area (Å²) in [6.07, 6.45) is 1.82. The number of para-hydroxylation sites is 1. The molecule has 0 N–H and O–H groups in total. The van der Waals surface area contributed by atoms with Crippen molar-refractivity contribution >= 4 is 55.9 Å². The maximum atomic E-state index is 16.1. The third-order valence-electron chi connectivity index (χ3n) is 9.64. The summed E-state index contributed by atoms with van der Waals surface area (Å²) < 4.78 is 18.3. The molecule has 10 rings (SSSR count). The van der Waals surface area contributed by atoms with Crippen LogP contribution in [0.4, 0.5) is 0 Å². The third kappa shape index (κ3) is 4.13. The van der Waals surface area contributed by atoms with E-state index in [0.29, 0.717) is 0 Å². The van der Waals surface area contributed by atoms with Crippen LogP contribution in [0.5, 0.6) is 0 Å². The van der Waals surface area contributed by atoms with Gasteiger partial charge in [0.05, 0.1) is 38.8 Å². The molecule has 0 amide bonds. The molecule has 9 aromatic rings. The minimum atomic E-state index is -3.35. The van der Waals surface area contributed by atoms with Crippen LogP contribution in [0, 0.1) is 0 Å². The first kappa shape index (κ1) is 27.9. The van der Waals surface area contributed by atoms with Gasteiger partial charge < -0.3 is 4.57 Å². The molecule has 0 aliphatic carbocycles. The molecule has 0 bridgehead atoms. The summed E-state index contributed by atoms with van der Waals surface area (Å²) in [4.78, 5) is 14.8. The lowest BCUT2D eigenvalue weighted by Crippen LogP contribution is -2.34. The van der Waals surface area contributed by atoms with E-state index in [4.69, 9.17) is 9.97 Å². The van der Waals surface area contributed by atoms with Gasteiger partial charge in [0.1, 0.15) is 5.82 Å². The second kappa shape index (κ2) is 10.7. The zero-order chi connectivity index (χ0) is 32.5. The molecule has 0 radical (unpaired) electrons. The molecule has 0 spiro atoms. The van der Waals surface area contributed by atoms with E-state index < -0.39 is 7.14 Å². The summed E-state index contributed by atoms with van der Waals surface area (Å²) in [5, 5.41) is 4.57. The highest BCUT2D eigenvalue weighted by Crippen LogP contribution is 2.52. The Bertz CT molecular complexity index is 2790. The van der Waals surface area contributed by atoms with Crippen LogP contribution >= 0.6 is 7.14 Å². The fourth-order valence-electron chi connectivity index (χ4n) is 7.39. The van der Waals surface area contributed by atoms with Crippen molar-refractivity contribution < 1.29 is 4.57 Å². The Kier molecular flexibility index (Phi) is 6.08. The van der Waals surface area contributed by atoms with Gasteiger partial charge in [-0.3, -0.25) is 9.55 Å². The number of benzene rings is 6. The van der Waals surface area contributed by atoms with Crippen molar-refractivity contribution in [2.45, 2.75) is 0 Å². The Morgan fingerprint density at radius 2 is 1.24 bits per heavy atom. The largest absolute Gasteiger partial charge is 0.308 e. The van der Waals surface area contributed by atoms with Crippen LogP contribution in [0.1, 0.15) is 0 Å². The molecule has 3 aromatic heterocycles. The molecule has 1 unspecified atom stereocenters. The molecule has 230 valence electrons. The van der Waals surface area contributed by atoms with Gasteiger partial charge in [-0.05, 0) is 41.5 Å². The summed E-state index contributed by atoms with van der Waals surface area (Å²) in [5.41, 5.74) is 9.23. The van der Waals surface area contributed by atoms with Crippen molar-refractivity contribution in [3.05, 3.63) is 164 Å². The highest BCUT2D eigenvalue weighted by molar-refractivity contribution is 7.86. The highest BCUT2D eigenvalue weighted by atomic mass is 31.2. The summed E-state index contributed by atoms with van der Waals surface area (Å²) >= 11 is 0. The predicted octanol–water partition coefficient (Wildman–Crippen LogP) is 9.08.